The Hall–Kier alpha value is -1.27. The number of nitrogens with one attached hydrogen (secondary N) is 1. The molecule has 0 amide bonds. The maximum Gasteiger partial charge on any atom is 0.161 e. The monoisotopic (exact) mass is 313 g/mol. The molecule has 1 aromatic rings. The van der Waals surface area contributed by atoms with Crippen LogP contribution in [0, 0.1) is 0 Å². The summed E-state index contributed by atoms with van der Waals surface area (Å²) < 4.78 is 35.3. The molecule has 0 aromatic heterocycles. The van der Waals surface area contributed by atoms with E-state index in [-0.39, 0.29) is 17.5 Å². The highest BCUT2D eigenvalue weighted by atomic mass is 32.2. The molecule has 1 aliphatic rings. The van der Waals surface area contributed by atoms with E-state index in [2.05, 4.69) is 5.32 Å². The van der Waals surface area contributed by atoms with E-state index in [4.69, 9.17) is 9.47 Å². The van der Waals surface area contributed by atoms with Crippen LogP contribution in [0.3, 0.4) is 0 Å². The maximum absolute atomic E-state index is 12.1. The minimum Gasteiger partial charge on any atom is -0.486 e. The van der Waals surface area contributed by atoms with Gasteiger partial charge in [0.2, 0.25) is 0 Å². The highest BCUT2D eigenvalue weighted by Gasteiger charge is 2.21. The van der Waals surface area contributed by atoms with Gasteiger partial charge in [0.1, 0.15) is 13.2 Å². The van der Waals surface area contributed by atoms with E-state index in [1.165, 1.54) is 0 Å². The van der Waals surface area contributed by atoms with Crippen LogP contribution in [0.4, 0.5) is 0 Å². The number of hydrogen-bond donors (Lipinski definition) is 1. The van der Waals surface area contributed by atoms with Crippen LogP contribution >= 0.6 is 0 Å². The van der Waals surface area contributed by atoms with Gasteiger partial charge in [-0.05, 0) is 31.2 Å². The van der Waals surface area contributed by atoms with Gasteiger partial charge in [0, 0.05) is 6.04 Å². The van der Waals surface area contributed by atoms with Crippen molar-refractivity contribution in [2.75, 3.05) is 31.8 Å². The summed E-state index contributed by atoms with van der Waals surface area (Å²) in [5.74, 6) is 1.74. The second-order valence-electron chi connectivity index (χ2n) is 5.21. The molecule has 1 atom stereocenters. The Morgan fingerprint density at radius 2 is 1.95 bits per heavy atom. The average Bonchev–Trinajstić information content (AvgIpc) is 2.50. The van der Waals surface area contributed by atoms with Crippen molar-refractivity contribution in [2.24, 2.45) is 0 Å². The third kappa shape index (κ3) is 4.35. The van der Waals surface area contributed by atoms with E-state index in [0.717, 1.165) is 12.0 Å². The third-order valence-electron chi connectivity index (χ3n) is 3.55. The summed E-state index contributed by atoms with van der Waals surface area (Å²) in [6.45, 7) is 3.06. The molecule has 0 radical (unpaired) electrons. The van der Waals surface area contributed by atoms with Crippen LogP contribution in [-0.2, 0) is 9.84 Å². The zero-order chi connectivity index (χ0) is 15.3. The Balaban J connectivity index is 2.14. The summed E-state index contributed by atoms with van der Waals surface area (Å²) in [5, 5.41) is 3.08. The van der Waals surface area contributed by atoms with Crippen LogP contribution in [-0.4, -0.2) is 40.2 Å². The number of hydrogen-bond acceptors (Lipinski definition) is 5. The van der Waals surface area contributed by atoms with Crippen LogP contribution in [0.15, 0.2) is 18.2 Å². The van der Waals surface area contributed by atoms with Gasteiger partial charge in [-0.1, -0.05) is 19.4 Å². The number of sulfone groups is 1. The summed E-state index contributed by atoms with van der Waals surface area (Å²) >= 11 is 0. The molecule has 0 bridgehead atoms. The molecule has 1 aromatic carbocycles. The summed E-state index contributed by atoms with van der Waals surface area (Å²) in [6.07, 6.45) is 1.59. The molecule has 1 heterocycles. The lowest BCUT2D eigenvalue weighted by Crippen LogP contribution is -2.27. The third-order valence-corrected chi connectivity index (χ3v) is 5.30. The standard InChI is InChI=1S/C15H23NO4S/c1-3-4-9-21(17,18)11-13(16-2)12-5-6-14-15(10-12)20-8-7-19-14/h5-6,10,13,16H,3-4,7-9,11H2,1-2H3. The van der Waals surface area contributed by atoms with E-state index in [0.29, 0.717) is 31.1 Å². The first-order valence-corrected chi connectivity index (χ1v) is 9.15. The zero-order valence-electron chi connectivity index (χ0n) is 12.6. The van der Waals surface area contributed by atoms with Gasteiger partial charge in [-0.15, -0.1) is 0 Å². The Morgan fingerprint density at radius 1 is 1.24 bits per heavy atom. The Kier molecular flexibility index (Phi) is 5.47. The summed E-state index contributed by atoms with van der Waals surface area (Å²) in [7, 11) is -1.28. The molecule has 21 heavy (non-hydrogen) atoms. The molecule has 2 rings (SSSR count). The van der Waals surface area contributed by atoms with Crippen LogP contribution in [0.1, 0.15) is 31.4 Å². The Labute approximate surface area is 126 Å². The maximum atomic E-state index is 12.1. The number of unbranched alkanes of at least 4 members (excludes halogenated alkanes) is 1. The van der Waals surface area contributed by atoms with E-state index in [9.17, 15) is 8.42 Å². The normalized spacial score (nSPS) is 15.7. The van der Waals surface area contributed by atoms with Crippen molar-refractivity contribution >= 4 is 9.84 Å². The summed E-state index contributed by atoms with van der Waals surface area (Å²) in [5.41, 5.74) is 0.904. The lowest BCUT2D eigenvalue weighted by Gasteiger charge is -2.22. The van der Waals surface area contributed by atoms with Crippen molar-refractivity contribution in [2.45, 2.75) is 25.8 Å². The smallest absolute Gasteiger partial charge is 0.161 e. The van der Waals surface area contributed by atoms with Gasteiger partial charge < -0.3 is 14.8 Å². The first-order chi connectivity index (χ1) is 10.1. The number of rotatable bonds is 7. The first kappa shape index (κ1) is 16.1. The predicted molar refractivity (Wildman–Crippen MR) is 82.8 cm³/mol. The lowest BCUT2D eigenvalue weighted by molar-refractivity contribution is 0.171. The van der Waals surface area contributed by atoms with Gasteiger partial charge >= 0.3 is 0 Å². The van der Waals surface area contributed by atoms with Gasteiger partial charge in [0.15, 0.2) is 21.3 Å². The molecule has 1 N–H and O–H groups in total. The lowest BCUT2D eigenvalue weighted by atomic mass is 10.1. The van der Waals surface area contributed by atoms with Crippen LogP contribution < -0.4 is 14.8 Å². The molecule has 1 unspecified atom stereocenters. The number of ether oxygens (including phenoxy) is 2. The highest BCUT2D eigenvalue weighted by molar-refractivity contribution is 7.91. The van der Waals surface area contributed by atoms with Crippen LogP contribution in [0.25, 0.3) is 0 Å². The molecule has 6 heteroatoms. The largest absolute Gasteiger partial charge is 0.486 e. The van der Waals surface area contributed by atoms with E-state index < -0.39 is 9.84 Å². The quantitative estimate of drug-likeness (QED) is 0.833. The van der Waals surface area contributed by atoms with Crippen molar-refractivity contribution in [1.29, 1.82) is 0 Å². The summed E-state index contributed by atoms with van der Waals surface area (Å²) in [6, 6.07) is 5.37. The van der Waals surface area contributed by atoms with Crippen molar-refractivity contribution in [3.63, 3.8) is 0 Å². The Bertz CT molecular complexity index is 571. The van der Waals surface area contributed by atoms with Crippen LogP contribution in [0.5, 0.6) is 11.5 Å². The Morgan fingerprint density at radius 3 is 2.62 bits per heavy atom. The van der Waals surface area contributed by atoms with Gasteiger partial charge in [0.25, 0.3) is 0 Å². The predicted octanol–water partition coefficient (Wildman–Crippen LogP) is 1.93. The molecule has 0 spiro atoms. The number of fused-ring (bicyclic) bond motifs is 1. The fourth-order valence-electron chi connectivity index (χ4n) is 2.32. The van der Waals surface area contributed by atoms with Crippen molar-refractivity contribution in [3.05, 3.63) is 23.8 Å². The fourth-order valence-corrected chi connectivity index (χ4v) is 4.09. The molecule has 0 fully saturated rings. The highest BCUT2D eigenvalue weighted by Crippen LogP contribution is 2.32. The number of benzene rings is 1. The molecule has 0 saturated carbocycles. The van der Waals surface area contributed by atoms with Crippen LogP contribution in [0.2, 0.25) is 0 Å². The first-order valence-electron chi connectivity index (χ1n) is 7.33. The van der Waals surface area contributed by atoms with Gasteiger partial charge in [-0.25, -0.2) is 8.42 Å². The zero-order valence-corrected chi connectivity index (χ0v) is 13.4. The fraction of sp³-hybridized carbons (Fsp3) is 0.600. The molecular formula is C15H23NO4S. The minimum absolute atomic E-state index is 0.100. The molecule has 1 aliphatic heterocycles. The molecule has 5 nitrogen and oxygen atoms in total. The van der Waals surface area contributed by atoms with E-state index >= 15 is 0 Å². The van der Waals surface area contributed by atoms with Gasteiger partial charge in [-0.3, -0.25) is 0 Å². The van der Waals surface area contributed by atoms with E-state index in [1.807, 2.05) is 25.1 Å². The van der Waals surface area contributed by atoms with Gasteiger partial charge in [-0.2, -0.15) is 0 Å². The molecule has 118 valence electrons. The minimum atomic E-state index is -3.06. The molecule has 0 saturated heterocycles. The molecule has 0 aliphatic carbocycles. The van der Waals surface area contributed by atoms with Crippen molar-refractivity contribution < 1.29 is 17.9 Å². The van der Waals surface area contributed by atoms with Crippen molar-refractivity contribution in [3.8, 4) is 11.5 Å². The topological polar surface area (TPSA) is 64.6 Å². The summed E-state index contributed by atoms with van der Waals surface area (Å²) in [4.78, 5) is 0. The van der Waals surface area contributed by atoms with Crippen molar-refractivity contribution in [1.82, 2.24) is 5.32 Å². The second kappa shape index (κ2) is 7.13. The second-order valence-corrected chi connectivity index (χ2v) is 7.44. The SMILES string of the molecule is CCCCS(=O)(=O)CC(NC)c1ccc2c(c1)OCCO2. The van der Waals surface area contributed by atoms with Gasteiger partial charge in [0.05, 0.1) is 11.5 Å². The molecular weight excluding hydrogens is 290 g/mol. The average molecular weight is 313 g/mol. The van der Waals surface area contributed by atoms with E-state index in [1.54, 1.807) is 7.05 Å².